The first-order valence-corrected chi connectivity index (χ1v) is 11.3. The van der Waals surface area contributed by atoms with Crippen molar-refractivity contribution in [2.24, 2.45) is 0 Å². The van der Waals surface area contributed by atoms with Crippen molar-refractivity contribution in [3.8, 4) is 5.75 Å². The predicted octanol–water partition coefficient (Wildman–Crippen LogP) is 3.96. The lowest BCUT2D eigenvalue weighted by Crippen LogP contribution is -2.29. The molecule has 0 aliphatic carbocycles. The van der Waals surface area contributed by atoms with Crippen molar-refractivity contribution in [2.45, 2.75) is 43.5 Å². The van der Waals surface area contributed by atoms with E-state index >= 15 is 0 Å². The van der Waals surface area contributed by atoms with Crippen molar-refractivity contribution >= 4 is 40.0 Å². The van der Waals surface area contributed by atoms with Crippen LogP contribution in [0.1, 0.15) is 19.4 Å². The molecule has 30 heavy (non-hydrogen) atoms. The fraction of sp³-hybridized carbons (Fsp3) is 0.381. The molecule has 3 atom stereocenters. The number of carboxylic acids is 1. The van der Waals surface area contributed by atoms with Crippen LogP contribution in [0.3, 0.4) is 0 Å². The summed E-state index contributed by atoms with van der Waals surface area (Å²) in [6, 6.07) is 11.6. The van der Waals surface area contributed by atoms with Gasteiger partial charge in [-0.3, -0.25) is 4.21 Å². The van der Waals surface area contributed by atoms with E-state index in [2.05, 4.69) is 0 Å². The number of carbonyl (C=O) groups is 1. The molecule has 0 aliphatic rings. The molecule has 164 valence electrons. The second-order valence-electron chi connectivity index (χ2n) is 6.92. The highest BCUT2D eigenvalue weighted by molar-refractivity contribution is 7.85. The van der Waals surface area contributed by atoms with Crippen LogP contribution in [0.4, 0.5) is 0 Å². The highest BCUT2D eigenvalue weighted by Gasteiger charge is 2.20. The van der Waals surface area contributed by atoms with E-state index in [1.165, 1.54) is 6.07 Å². The van der Waals surface area contributed by atoms with Crippen molar-refractivity contribution in [3.63, 3.8) is 0 Å². The molecule has 0 spiro atoms. The molecular weight excluding hydrogens is 451 g/mol. The van der Waals surface area contributed by atoms with E-state index in [-0.39, 0.29) is 29.9 Å². The van der Waals surface area contributed by atoms with Crippen LogP contribution in [0.2, 0.25) is 10.0 Å². The average molecular weight is 475 g/mol. The van der Waals surface area contributed by atoms with Crippen molar-refractivity contribution in [2.75, 3.05) is 12.4 Å². The van der Waals surface area contributed by atoms with Crippen molar-refractivity contribution < 1.29 is 28.7 Å². The van der Waals surface area contributed by atoms with Gasteiger partial charge in [0.2, 0.25) is 0 Å². The van der Waals surface area contributed by atoms with Gasteiger partial charge in [0.15, 0.2) is 6.10 Å². The molecule has 2 N–H and O–H groups in total. The van der Waals surface area contributed by atoms with Crippen LogP contribution in [0.25, 0.3) is 0 Å². The molecule has 0 saturated heterocycles. The topological polar surface area (TPSA) is 93.1 Å². The molecule has 2 rings (SSSR count). The smallest absolute Gasteiger partial charge is 0.333 e. The number of hydrogen-bond donors (Lipinski definition) is 2. The van der Waals surface area contributed by atoms with E-state index in [1.807, 2.05) is 0 Å². The monoisotopic (exact) mass is 474 g/mol. The van der Waals surface area contributed by atoms with Gasteiger partial charge in [-0.15, -0.1) is 0 Å². The van der Waals surface area contributed by atoms with Gasteiger partial charge in [0, 0.05) is 11.4 Å². The number of aliphatic carboxylic acids is 1. The van der Waals surface area contributed by atoms with Crippen LogP contribution in [-0.4, -0.2) is 51.1 Å². The number of halogens is 2. The maximum absolute atomic E-state index is 12.4. The van der Waals surface area contributed by atoms with Crippen molar-refractivity contribution in [1.82, 2.24) is 0 Å². The van der Waals surface area contributed by atoms with E-state index < -0.39 is 29.0 Å². The minimum Gasteiger partial charge on any atom is -0.491 e. The first kappa shape index (κ1) is 24.6. The van der Waals surface area contributed by atoms with Gasteiger partial charge >= 0.3 is 5.97 Å². The second kappa shape index (κ2) is 11.7. The lowest BCUT2D eigenvalue weighted by molar-refractivity contribution is -0.153. The molecule has 0 aromatic heterocycles. The van der Waals surface area contributed by atoms with Crippen molar-refractivity contribution in [3.05, 3.63) is 58.1 Å². The summed E-state index contributed by atoms with van der Waals surface area (Å²) >= 11 is 11.9. The van der Waals surface area contributed by atoms with Gasteiger partial charge in [-0.2, -0.15) is 0 Å². The predicted molar refractivity (Wildman–Crippen MR) is 117 cm³/mol. The van der Waals surface area contributed by atoms with Gasteiger partial charge in [-0.1, -0.05) is 35.3 Å². The number of aliphatic hydroxyl groups excluding tert-OH is 1. The van der Waals surface area contributed by atoms with Gasteiger partial charge in [-0.05, 0) is 49.7 Å². The summed E-state index contributed by atoms with van der Waals surface area (Å²) in [5.74, 6) is -0.617. The second-order valence-corrected chi connectivity index (χ2v) is 9.22. The fourth-order valence-electron chi connectivity index (χ4n) is 2.66. The standard InChI is InChI=1S/C21H24Cl2O6S/c1-13(2)29-19(21(25)26)9-14-4-3-5-17(8-14)28-11-16(24)12-30(27)20-7-6-15(22)10-18(20)23/h3-8,10,13,16,19,24H,9,11-12H2,1-2H3,(H,25,26). The Morgan fingerprint density at radius 1 is 1.17 bits per heavy atom. The zero-order chi connectivity index (χ0) is 22.3. The minimum atomic E-state index is -1.52. The molecule has 0 radical (unpaired) electrons. The number of carboxylic acid groups (broad SMARTS) is 1. The third kappa shape index (κ3) is 7.89. The molecule has 9 heteroatoms. The fourth-order valence-corrected chi connectivity index (χ4v) is 4.45. The highest BCUT2D eigenvalue weighted by atomic mass is 35.5. The van der Waals surface area contributed by atoms with E-state index in [0.29, 0.717) is 15.7 Å². The molecule has 0 heterocycles. The Kier molecular flexibility index (Phi) is 9.58. The van der Waals surface area contributed by atoms with Crippen molar-refractivity contribution in [1.29, 1.82) is 0 Å². The maximum atomic E-state index is 12.4. The normalized spacial score (nSPS) is 14.3. The number of benzene rings is 2. The summed E-state index contributed by atoms with van der Waals surface area (Å²) in [6.07, 6.45) is -1.97. The van der Waals surface area contributed by atoms with E-state index in [0.717, 1.165) is 5.56 Å². The van der Waals surface area contributed by atoms with Crippen LogP contribution in [0.5, 0.6) is 5.75 Å². The van der Waals surface area contributed by atoms with E-state index in [4.69, 9.17) is 32.7 Å². The average Bonchev–Trinajstić information content (AvgIpc) is 2.65. The third-order valence-electron chi connectivity index (χ3n) is 3.96. The first-order valence-electron chi connectivity index (χ1n) is 9.27. The van der Waals surface area contributed by atoms with Crippen LogP contribution >= 0.6 is 23.2 Å². The molecule has 2 aromatic rings. The molecule has 0 aliphatic heterocycles. The van der Waals surface area contributed by atoms with Crippen LogP contribution < -0.4 is 4.74 Å². The van der Waals surface area contributed by atoms with Gasteiger partial charge in [0.25, 0.3) is 0 Å². The SMILES string of the molecule is CC(C)OC(Cc1cccc(OCC(O)CS(=O)c2ccc(Cl)cc2Cl)c1)C(=O)O. The summed E-state index contributed by atoms with van der Waals surface area (Å²) in [6.45, 7) is 3.47. The molecule has 0 bridgehead atoms. The Morgan fingerprint density at radius 3 is 2.53 bits per heavy atom. The summed E-state index contributed by atoms with van der Waals surface area (Å²) in [4.78, 5) is 11.8. The van der Waals surface area contributed by atoms with E-state index in [1.54, 1.807) is 50.2 Å². The molecule has 6 nitrogen and oxygen atoms in total. The molecule has 3 unspecified atom stereocenters. The lowest BCUT2D eigenvalue weighted by atomic mass is 10.1. The van der Waals surface area contributed by atoms with Gasteiger partial charge in [-0.25, -0.2) is 4.79 Å². The number of aliphatic hydroxyl groups is 1. The number of hydrogen-bond acceptors (Lipinski definition) is 5. The summed E-state index contributed by atoms with van der Waals surface area (Å²) in [7, 11) is -1.52. The molecule has 0 amide bonds. The summed E-state index contributed by atoms with van der Waals surface area (Å²) in [5, 5.41) is 20.2. The van der Waals surface area contributed by atoms with Gasteiger partial charge < -0.3 is 19.7 Å². The minimum absolute atomic E-state index is 0.0512. The van der Waals surface area contributed by atoms with E-state index in [9.17, 15) is 19.2 Å². The largest absolute Gasteiger partial charge is 0.491 e. The first-order chi connectivity index (χ1) is 14.2. The molecule has 0 fully saturated rings. The Hall–Kier alpha value is -1.64. The zero-order valence-corrected chi connectivity index (χ0v) is 18.9. The van der Waals surface area contributed by atoms with Gasteiger partial charge in [0.1, 0.15) is 12.4 Å². The molecule has 2 aromatic carbocycles. The van der Waals surface area contributed by atoms with Crippen LogP contribution in [0.15, 0.2) is 47.4 Å². The lowest BCUT2D eigenvalue weighted by Gasteiger charge is -2.17. The Morgan fingerprint density at radius 2 is 1.90 bits per heavy atom. The van der Waals surface area contributed by atoms with Crippen LogP contribution in [-0.2, 0) is 26.8 Å². The summed E-state index contributed by atoms with van der Waals surface area (Å²) < 4.78 is 23.4. The number of rotatable bonds is 11. The van der Waals surface area contributed by atoms with Gasteiger partial charge in [0.05, 0.1) is 38.7 Å². The molecule has 0 saturated carbocycles. The highest BCUT2D eigenvalue weighted by Crippen LogP contribution is 2.24. The third-order valence-corrected chi connectivity index (χ3v) is 6.15. The van der Waals surface area contributed by atoms with Crippen LogP contribution in [0, 0.1) is 0 Å². The Balaban J connectivity index is 1.93. The zero-order valence-electron chi connectivity index (χ0n) is 16.6. The Bertz CT molecular complexity index is 890. The summed E-state index contributed by atoms with van der Waals surface area (Å²) in [5.41, 5.74) is 0.728. The maximum Gasteiger partial charge on any atom is 0.333 e. The number of ether oxygens (including phenoxy) is 2. The Labute approximate surface area is 188 Å². The molecular formula is C21H24Cl2O6S. The quantitative estimate of drug-likeness (QED) is 0.511.